The fourth-order valence-electron chi connectivity index (χ4n) is 1.65. The number of aliphatic hydroxyl groups excluding tert-OH is 1. The van der Waals surface area contributed by atoms with Crippen LogP contribution >= 0.6 is 0 Å². The second-order valence-electron chi connectivity index (χ2n) is 3.97. The number of aliphatic carboxylic acids is 1. The van der Waals surface area contributed by atoms with Crippen LogP contribution in [-0.2, 0) is 9.53 Å². The molecule has 7 heteroatoms. The summed E-state index contributed by atoms with van der Waals surface area (Å²) in [7, 11) is 0. The Kier molecular flexibility index (Phi) is 5.17. The number of amides is 2. The van der Waals surface area contributed by atoms with Gasteiger partial charge in [0, 0.05) is 19.6 Å². The number of morpholine rings is 1. The van der Waals surface area contributed by atoms with Crippen molar-refractivity contribution < 1.29 is 24.5 Å². The maximum Gasteiger partial charge on any atom is 0.326 e. The van der Waals surface area contributed by atoms with Gasteiger partial charge in [-0.2, -0.15) is 0 Å². The maximum atomic E-state index is 11.8. The predicted octanol–water partition coefficient (Wildman–Crippen LogP) is -0.748. The molecular formula is C10H18N2O5. The molecule has 17 heavy (non-hydrogen) atoms. The number of rotatable bonds is 4. The standard InChI is InChI=1S/C10H18N2O5/c1-7-6-17-5-3-12(7)10(16)11-8(2-4-13)9(14)15/h7-8,13H,2-6H2,1H3,(H,11,16)(H,14,15)/t7?,8-/m1/s1. The highest BCUT2D eigenvalue weighted by Gasteiger charge is 2.27. The van der Waals surface area contributed by atoms with Crippen LogP contribution in [0.5, 0.6) is 0 Å². The molecule has 1 aliphatic rings. The van der Waals surface area contributed by atoms with E-state index in [9.17, 15) is 9.59 Å². The van der Waals surface area contributed by atoms with E-state index in [1.165, 1.54) is 4.90 Å². The zero-order valence-corrected chi connectivity index (χ0v) is 9.76. The van der Waals surface area contributed by atoms with Crippen molar-refractivity contribution in [3.05, 3.63) is 0 Å². The SMILES string of the molecule is CC1COCCN1C(=O)N[C@H](CCO)C(=O)O. The summed E-state index contributed by atoms with van der Waals surface area (Å²) in [4.78, 5) is 24.2. The van der Waals surface area contributed by atoms with Crippen LogP contribution in [0.15, 0.2) is 0 Å². The second-order valence-corrected chi connectivity index (χ2v) is 3.97. The first-order valence-corrected chi connectivity index (χ1v) is 5.54. The third-order valence-electron chi connectivity index (χ3n) is 2.64. The van der Waals surface area contributed by atoms with Gasteiger partial charge < -0.3 is 25.2 Å². The van der Waals surface area contributed by atoms with Gasteiger partial charge in [0.15, 0.2) is 0 Å². The van der Waals surface area contributed by atoms with Gasteiger partial charge in [-0.15, -0.1) is 0 Å². The average molecular weight is 246 g/mol. The molecule has 1 aliphatic heterocycles. The van der Waals surface area contributed by atoms with Crippen molar-refractivity contribution in [1.29, 1.82) is 0 Å². The summed E-state index contributed by atoms with van der Waals surface area (Å²) >= 11 is 0. The molecule has 0 aromatic heterocycles. The molecule has 2 atom stereocenters. The Morgan fingerprint density at radius 3 is 2.82 bits per heavy atom. The average Bonchev–Trinajstić information content (AvgIpc) is 2.28. The third-order valence-corrected chi connectivity index (χ3v) is 2.64. The number of hydrogen-bond donors (Lipinski definition) is 3. The van der Waals surface area contributed by atoms with Crippen LogP contribution in [0.4, 0.5) is 4.79 Å². The molecule has 1 fully saturated rings. The molecule has 98 valence electrons. The summed E-state index contributed by atoms with van der Waals surface area (Å²) in [6, 6.07) is -1.56. The minimum Gasteiger partial charge on any atom is -0.480 e. The van der Waals surface area contributed by atoms with Gasteiger partial charge in [-0.05, 0) is 6.92 Å². The normalized spacial score (nSPS) is 22.0. The highest BCUT2D eigenvalue weighted by molar-refractivity contribution is 5.82. The molecule has 0 saturated carbocycles. The molecule has 0 aromatic rings. The zero-order chi connectivity index (χ0) is 12.8. The Balaban J connectivity index is 2.53. The van der Waals surface area contributed by atoms with Gasteiger partial charge in [-0.3, -0.25) is 0 Å². The number of carbonyl (C=O) groups is 2. The van der Waals surface area contributed by atoms with E-state index in [0.717, 1.165) is 0 Å². The molecule has 2 amide bonds. The Morgan fingerprint density at radius 1 is 1.59 bits per heavy atom. The summed E-state index contributed by atoms with van der Waals surface area (Å²) < 4.78 is 5.18. The second kappa shape index (κ2) is 6.41. The highest BCUT2D eigenvalue weighted by Crippen LogP contribution is 2.06. The van der Waals surface area contributed by atoms with E-state index in [4.69, 9.17) is 14.9 Å². The van der Waals surface area contributed by atoms with Crippen LogP contribution < -0.4 is 5.32 Å². The molecule has 0 spiro atoms. The van der Waals surface area contributed by atoms with E-state index < -0.39 is 18.0 Å². The summed E-state index contributed by atoms with van der Waals surface area (Å²) in [6.07, 6.45) is -0.000204. The molecule has 0 radical (unpaired) electrons. The van der Waals surface area contributed by atoms with E-state index in [1.807, 2.05) is 6.92 Å². The van der Waals surface area contributed by atoms with Crippen molar-refractivity contribution in [2.45, 2.75) is 25.4 Å². The number of carbonyl (C=O) groups excluding carboxylic acids is 1. The van der Waals surface area contributed by atoms with E-state index in [2.05, 4.69) is 5.32 Å². The highest BCUT2D eigenvalue weighted by atomic mass is 16.5. The minimum atomic E-state index is -1.15. The molecule has 0 bridgehead atoms. The van der Waals surface area contributed by atoms with Crippen LogP contribution in [0.1, 0.15) is 13.3 Å². The topological polar surface area (TPSA) is 99.1 Å². The van der Waals surface area contributed by atoms with Crippen LogP contribution in [-0.4, -0.2) is 65.6 Å². The number of nitrogens with zero attached hydrogens (tertiary/aromatic N) is 1. The van der Waals surface area contributed by atoms with Crippen molar-refractivity contribution in [1.82, 2.24) is 10.2 Å². The molecule has 7 nitrogen and oxygen atoms in total. The van der Waals surface area contributed by atoms with Gasteiger partial charge in [0.2, 0.25) is 0 Å². The van der Waals surface area contributed by atoms with Gasteiger partial charge in [0.05, 0.1) is 19.3 Å². The third kappa shape index (κ3) is 3.86. The minimum absolute atomic E-state index is 0.000204. The molecule has 1 unspecified atom stereocenters. The van der Waals surface area contributed by atoms with Crippen LogP contribution in [0.3, 0.4) is 0 Å². The summed E-state index contributed by atoms with van der Waals surface area (Å²) in [5, 5.41) is 20.0. The van der Waals surface area contributed by atoms with E-state index in [1.54, 1.807) is 0 Å². The lowest BCUT2D eigenvalue weighted by Gasteiger charge is -2.34. The van der Waals surface area contributed by atoms with Crippen LogP contribution in [0, 0.1) is 0 Å². The van der Waals surface area contributed by atoms with Crippen molar-refractivity contribution in [3.8, 4) is 0 Å². The van der Waals surface area contributed by atoms with Gasteiger partial charge in [-0.1, -0.05) is 0 Å². The van der Waals surface area contributed by atoms with Crippen molar-refractivity contribution >= 4 is 12.0 Å². The number of carboxylic acids is 1. The lowest BCUT2D eigenvalue weighted by Crippen LogP contribution is -2.54. The molecule has 1 heterocycles. The Hall–Kier alpha value is -1.34. The lowest BCUT2D eigenvalue weighted by molar-refractivity contribution is -0.139. The summed E-state index contributed by atoms with van der Waals surface area (Å²) in [6.45, 7) is 2.90. The van der Waals surface area contributed by atoms with Crippen molar-refractivity contribution in [3.63, 3.8) is 0 Å². The van der Waals surface area contributed by atoms with Crippen molar-refractivity contribution in [2.24, 2.45) is 0 Å². The Labute approximate surface area is 99.4 Å². The number of nitrogens with one attached hydrogen (secondary N) is 1. The number of urea groups is 1. The fraction of sp³-hybridized carbons (Fsp3) is 0.800. The van der Waals surface area contributed by atoms with Crippen LogP contribution in [0.25, 0.3) is 0 Å². The first kappa shape index (κ1) is 13.7. The van der Waals surface area contributed by atoms with E-state index in [0.29, 0.717) is 19.8 Å². The Morgan fingerprint density at radius 2 is 2.29 bits per heavy atom. The van der Waals surface area contributed by atoms with Crippen LogP contribution in [0.2, 0.25) is 0 Å². The lowest BCUT2D eigenvalue weighted by atomic mass is 10.2. The molecule has 1 saturated heterocycles. The number of ether oxygens (including phenoxy) is 1. The molecule has 0 aliphatic carbocycles. The smallest absolute Gasteiger partial charge is 0.326 e. The summed E-state index contributed by atoms with van der Waals surface area (Å²) in [5.74, 6) is -1.15. The quantitative estimate of drug-likeness (QED) is 0.606. The molecule has 0 aromatic carbocycles. The van der Waals surface area contributed by atoms with Gasteiger partial charge in [0.1, 0.15) is 6.04 Å². The van der Waals surface area contributed by atoms with Gasteiger partial charge in [-0.25, -0.2) is 9.59 Å². The van der Waals surface area contributed by atoms with Gasteiger partial charge in [0.25, 0.3) is 0 Å². The first-order valence-electron chi connectivity index (χ1n) is 5.54. The molecular weight excluding hydrogens is 228 g/mol. The zero-order valence-electron chi connectivity index (χ0n) is 9.76. The van der Waals surface area contributed by atoms with Crippen molar-refractivity contribution in [2.75, 3.05) is 26.4 Å². The monoisotopic (exact) mass is 246 g/mol. The maximum absolute atomic E-state index is 11.8. The fourth-order valence-corrected chi connectivity index (χ4v) is 1.65. The van der Waals surface area contributed by atoms with E-state index >= 15 is 0 Å². The molecule has 1 rings (SSSR count). The number of aliphatic hydroxyl groups is 1. The Bertz CT molecular complexity index is 284. The van der Waals surface area contributed by atoms with Gasteiger partial charge >= 0.3 is 12.0 Å². The predicted molar refractivity (Wildman–Crippen MR) is 58.6 cm³/mol. The number of hydrogen-bond acceptors (Lipinski definition) is 4. The number of carboxylic acid groups (broad SMARTS) is 1. The van der Waals surface area contributed by atoms with E-state index in [-0.39, 0.29) is 19.1 Å². The first-order chi connectivity index (χ1) is 8.06. The summed E-state index contributed by atoms with van der Waals surface area (Å²) in [5.41, 5.74) is 0. The molecule has 3 N–H and O–H groups in total. The largest absolute Gasteiger partial charge is 0.480 e.